The third kappa shape index (κ3) is 4.72. The molecule has 2 N–H and O–H groups in total. The molecule has 4 heteroatoms. The third-order valence-electron chi connectivity index (χ3n) is 1.68. The van der Waals surface area contributed by atoms with E-state index in [-0.39, 0.29) is 6.03 Å². The summed E-state index contributed by atoms with van der Waals surface area (Å²) in [6.07, 6.45) is 0. The number of hydrogen-bond acceptors (Lipinski definition) is 2. The molecule has 0 aromatic heterocycles. The molecule has 1 saturated heterocycles. The van der Waals surface area contributed by atoms with Crippen molar-refractivity contribution in [1.29, 1.82) is 0 Å². The van der Waals surface area contributed by atoms with Crippen molar-refractivity contribution in [2.75, 3.05) is 26.7 Å². The normalized spacial score (nSPS) is 16.3. The van der Waals surface area contributed by atoms with Crippen LogP contribution < -0.4 is 5.73 Å². The van der Waals surface area contributed by atoms with E-state index in [1.807, 2.05) is 32.7 Å². The summed E-state index contributed by atoms with van der Waals surface area (Å²) in [6, 6.07) is 0.498. The lowest BCUT2D eigenvalue weighted by Crippen LogP contribution is -2.28. The zero-order valence-corrected chi connectivity index (χ0v) is 9.08. The Kier molecular flexibility index (Phi) is 5.46. The van der Waals surface area contributed by atoms with Gasteiger partial charge in [-0.1, -0.05) is 13.8 Å². The van der Waals surface area contributed by atoms with Gasteiger partial charge in [0.05, 0.1) is 0 Å². The van der Waals surface area contributed by atoms with Crippen LogP contribution in [0.5, 0.6) is 0 Å². The van der Waals surface area contributed by atoms with Crippen LogP contribution in [-0.4, -0.2) is 48.6 Å². The highest BCUT2D eigenvalue weighted by Crippen LogP contribution is 2.03. The van der Waals surface area contributed by atoms with Crippen LogP contribution in [0.25, 0.3) is 0 Å². The van der Waals surface area contributed by atoms with Gasteiger partial charge in [0, 0.05) is 26.7 Å². The van der Waals surface area contributed by atoms with Crippen LogP contribution in [0.15, 0.2) is 0 Å². The number of rotatable bonds is 1. The Labute approximate surface area is 80.7 Å². The largest absolute Gasteiger partial charge is 0.328 e. The molecule has 0 bridgehead atoms. The minimum absolute atomic E-state index is 0.164. The second-order valence-electron chi connectivity index (χ2n) is 3.53. The number of likely N-dealkylation sites (N-methyl/N-ethyl adjacent to an activating group) is 2. The van der Waals surface area contributed by atoms with Crippen LogP contribution in [0.2, 0.25) is 0 Å². The van der Waals surface area contributed by atoms with Crippen molar-refractivity contribution in [1.82, 2.24) is 9.80 Å². The van der Waals surface area contributed by atoms with E-state index in [0.717, 1.165) is 19.6 Å². The van der Waals surface area contributed by atoms with Gasteiger partial charge >= 0.3 is 6.03 Å². The number of urea groups is 1. The summed E-state index contributed by atoms with van der Waals surface area (Å²) >= 11 is 0. The average molecular weight is 187 g/mol. The lowest BCUT2D eigenvalue weighted by molar-refractivity contribution is 0.200. The van der Waals surface area contributed by atoms with Crippen LogP contribution >= 0.6 is 0 Å². The van der Waals surface area contributed by atoms with Crippen LogP contribution in [0.4, 0.5) is 4.79 Å². The Bertz CT molecular complexity index is 156. The van der Waals surface area contributed by atoms with Crippen molar-refractivity contribution in [3.63, 3.8) is 0 Å². The van der Waals surface area contributed by atoms with E-state index in [1.54, 1.807) is 4.90 Å². The van der Waals surface area contributed by atoms with Gasteiger partial charge in [-0.2, -0.15) is 0 Å². The molecule has 0 atom stereocenters. The van der Waals surface area contributed by atoms with E-state index in [4.69, 9.17) is 5.73 Å². The Morgan fingerprint density at radius 1 is 1.46 bits per heavy atom. The zero-order chi connectivity index (χ0) is 10.4. The summed E-state index contributed by atoms with van der Waals surface area (Å²) in [5, 5.41) is 0. The van der Waals surface area contributed by atoms with Crippen molar-refractivity contribution in [3.8, 4) is 0 Å². The molecule has 0 radical (unpaired) electrons. The Balaban J connectivity index is 0.000000310. The van der Waals surface area contributed by atoms with Gasteiger partial charge < -0.3 is 15.5 Å². The molecule has 1 aliphatic heterocycles. The summed E-state index contributed by atoms with van der Waals surface area (Å²) < 4.78 is 0. The smallest absolute Gasteiger partial charge is 0.319 e. The van der Waals surface area contributed by atoms with Gasteiger partial charge in [0.1, 0.15) is 0 Å². The molecule has 4 nitrogen and oxygen atoms in total. The number of hydrogen-bond donors (Lipinski definition) is 1. The number of amides is 2. The molecule has 1 heterocycles. The van der Waals surface area contributed by atoms with Crippen molar-refractivity contribution >= 4 is 6.03 Å². The first-order valence-electron chi connectivity index (χ1n) is 4.74. The number of carbonyl (C=O) groups excluding carboxylic acids is 1. The molecule has 0 aliphatic carbocycles. The van der Waals surface area contributed by atoms with E-state index >= 15 is 0 Å². The fourth-order valence-corrected chi connectivity index (χ4v) is 0.997. The lowest BCUT2D eigenvalue weighted by atomic mass is 10.5. The average Bonchev–Trinajstić information content (AvgIpc) is 2.32. The van der Waals surface area contributed by atoms with Crippen molar-refractivity contribution in [3.05, 3.63) is 0 Å². The molecule has 0 spiro atoms. The van der Waals surface area contributed by atoms with E-state index in [9.17, 15) is 4.79 Å². The first kappa shape index (κ1) is 12.2. The lowest BCUT2D eigenvalue weighted by Gasteiger charge is -2.11. The number of carbonyl (C=O) groups is 1. The molecule has 78 valence electrons. The molecule has 0 unspecified atom stereocenters. The number of nitrogens with two attached hydrogens (primary N) is 1. The first-order valence-corrected chi connectivity index (χ1v) is 4.74. The van der Waals surface area contributed by atoms with E-state index in [0.29, 0.717) is 6.04 Å². The molecule has 1 rings (SSSR count). The topological polar surface area (TPSA) is 49.6 Å². The van der Waals surface area contributed by atoms with E-state index < -0.39 is 0 Å². The highest BCUT2D eigenvalue weighted by Gasteiger charge is 2.22. The molecule has 0 aromatic carbocycles. The molecule has 1 fully saturated rings. The van der Waals surface area contributed by atoms with Crippen LogP contribution in [-0.2, 0) is 0 Å². The van der Waals surface area contributed by atoms with E-state index in [2.05, 4.69) is 0 Å². The Hall–Kier alpha value is -0.770. The predicted molar refractivity (Wildman–Crippen MR) is 54.6 cm³/mol. The quantitative estimate of drug-likeness (QED) is 0.658. The van der Waals surface area contributed by atoms with Gasteiger partial charge in [0.15, 0.2) is 0 Å². The third-order valence-corrected chi connectivity index (χ3v) is 1.68. The zero-order valence-electron chi connectivity index (χ0n) is 9.08. The monoisotopic (exact) mass is 187 g/mol. The summed E-state index contributed by atoms with van der Waals surface area (Å²) in [7, 11) is 1.83. The van der Waals surface area contributed by atoms with Crippen LogP contribution in [0, 0.1) is 0 Å². The molecule has 0 saturated carbocycles. The predicted octanol–water partition coefficient (Wildman–Crippen LogP) is 0.727. The second-order valence-corrected chi connectivity index (χ2v) is 3.53. The second kappa shape index (κ2) is 5.80. The molecule has 0 aromatic rings. The highest BCUT2D eigenvalue weighted by molar-refractivity contribution is 5.76. The summed E-state index contributed by atoms with van der Waals surface area (Å²) in [5.41, 5.74) is 5.11. The molecule has 13 heavy (non-hydrogen) atoms. The standard InChI is InChI=1S/C6H12N2O.C3H9N/c1-3-8-5-4-7(2)6(8)9;1-3(2)4/h3-5H2,1-2H3;3H,4H2,1-2H3. The minimum Gasteiger partial charge on any atom is -0.328 e. The van der Waals surface area contributed by atoms with Crippen molar-refractivity contribution in [2.24, 2.45) is 5.73 Å². The molecule has 2 amide bonds. The first-order chi connectivity index (χ1) is 5.99. The highest BCUT2D eigenvalue weighted by atomic mass is 16.2. The van der Waals surface area contributed by atoms with Crippen molar-refractivity contribution in [2.45, 2.75) is 26.8 Å². The minimum atomic E-state index is 0.164. The Morgan fingerprint density at radius 2 is 1.92 bits per heavy atom. The maximum Gasteiger partial charge on any atom is 0.319 e. The van der Waals surface area contributed by atoms with Gasteiger partial charge in [-0.05, 0) is 13.0 Å². The maximum atomic E-state index is 11.0. The van der Waals surface area contributed by atoms with Gasteiger partial charge in [-0.3, -0.25) is 0 Å². The fourth-order valence-electron chi connectivity index (χ4n) is 0.997. The van der Waals surface area contributed by atoms with Gasteiger partial charge in [-0.15, -0.1) is 0 Å². The van der Waals surface area contributed by atoms with Gasteiger partial charge in [-0.25, -0.2) is 4.79 Å². The van der Waals surface area contributed by atoms with Crippen molar-refractivity contribution < 1.29 is 4.79 Å². The van der Waals surface area contributed by atoms with Crippen LogP contribution in [0.3, 0.4) is 0 Å². The van der Waals surface area contributed by atoms with Gasteiger partial charge in [0.2, 0.25) is 0 Å². The fraction of sp³-hybridized carbons (Fsp3) is 0.889. The maximum absolute atomic E-state index is 11.0. The van der Waals surface area contributed by atoms with Gasteiger partial charge in [0.25, 0.3) is 0 Å². The summed E-state index contributed by atoms with van der Waals surface area (Å²) in [6.45, 7) is 8.50. The van der Waals surface area contributed by atoms with E-state index in [1.165, 1.54) is 0 Å². The summed E-state index contributed by atoms with van der Waals surface area (Å²) in [4.78, 5) is 14.6. The molecular weight excluding hydrogens is 166 g/mol. The molecular formula is C9H21N3O. The van der Waals surface area contributed by atoms with Crippen LogP contribution in [0.1, 0.15) is 20.8 Å². The Morgan fingerprint density at radius 3 is 2.08 bits per heavy atom. The SMILES string of the molecule is CC(C)N.CCN1CCN(C)C1=O. The molecule has 1 aliphatic rings. The number of nitrogens with zero attached hydrogens (tertiary/aromatic N) is 2. The summed E-state index contributed by atoms with van der Waals surface area (Å²) in [5.74, 6) is 0.